The lowest BCUT2D eigenvalue weighted by molar-refractivity contribution is -0.163. The molecule has 1 unspecified atom stereocenters. The third-order valence-electron chi connectivity index (χ3n) is 5.72. The molecule has 3 atom stereocenters. The van der Waals surface area contributed by atoms with Gasteiger partial charge in [-0.2, -0.15) is 0 Å². The molecule has 0 aliphatic heterocycles. The molecule has 5 rings (SSSR count). The fraction of sp³-hybridized carbons (Fsp3) is 0.421. The number of hydrogen-bond donors (Lipinski definition) is 0. The van der Waals surface area contributed by atoms with Gasteiger partial charge in [-0.1, -0.05) is 41.9 Å². The van der Waals surface area contributed by atoms with E-state index >= 15 is 0 Å². The van der Waals surface area contributed by atoms with Gasteiger partial charge in [0.25, 0.3) is 0 Å². The van der Waals surface area contributed by atoms with Crippen LogP contribution in [-0.4, -0.2) is 16.6 Å². The summed E-state index contributed by atoms with van der Waals surface area (Å²) in [5.74, 6) is -0.501. The maximum absolute atomic E-state index is 12.9. The number of hydrogen-bond acceptors (Lipinski definition) is 4. The van der Waals surface area contributed by atoms with Crippen molar-refractivity contribution in [1.29, 1.82) is 0 Å². The Kier molecular flexibility index (Phi) is 3.59. The van der Waals surface area contributed by atoms with Crippen LogP contribution in [0.4, 0.5) is 0 Å². The Morgan fingerprint density at radius 3 is 2.25 bits per heavy atom. The van der Waals surface area contributed by atoms with Crippen LogP contribution in [0.1, 0.15) is 36.8 Å². The summed E-state index contributed by atoms with van der Waals surface area (Å²) >= 11 is 4.99. The number of aryl methyl sites for hydroxylation is 1. The molecule has 2 bridgehead atoms. The maximum Gasteiger partial charge on any atom is 0.153 e. The molecule has 3 aliphatic carbocycles. The highest BCUT2D eigenvalue weighted by Gasteiger charge is 2.63. The Labute approximate surface area is 153 Å². The summed E-state index contributed by atoms with van der Waals surface area (Å²) in [5, 5.41) is 0.870. The molecule has 0 spiro atoms. The van der Waals surface area contributed by atoms with Crippen LogP contribution in [0.5, 0.6) is 0 Å². The molecule has 24 heavy (non-hydrogen) atoms. The van der Waals surface area contributed by atoms with Gasteiger partial charge in [-0.3, -0.25) is 9.59 Å². The molecule has 0 amide bonds. The van der Waals surface area contributed by atoms with Crippen molar-refractivity contribution in [3.63, 3.8) is 0 Å². The largest absolute Gasteiger partial charge is 0.298 e. The summed E-state index contributed by atoms with van der Waals surface area (Å²) in [4.78, 5) is 31.4. The third kappa shape index (κ3) is 2.17. The molecule has 0 radical (unpaired) electrons. The van der Waals surface area contributed by atoms with Crippen LogP contribution in [0.25, 0.3) is 10.6 Å². The van der Waals surface area contributed by atoms with Crippen molar-refractivity contribution in [1.82, 2.24) is 4.98 Å². The van der Waals surface area contributed by atoms with Gasteiger partial charge >= 0.3 is 0 Å². The van der Waals surface area contributed by atoms with E-state index in [2.05, 4.69) is 15.9 Å². The molecule has 2 aromatic rings. The molecular weight excluding hydrogens is 386 g/mol. The van der Waals surface area contributed by atoms with Gasteiger partial charge in [0.05, 0.1) is 5.69 Å². The molecule has 1 heterocycles. The predicted molar refractivity (Wildman–Crippen MR) is 98.1 cm³/mol. The lowest BCUT2D eigenvalue weighted by atomic mass is 9.45. The average Bonchev–Trinajstić information content (AvgIpc) is 2.88. The molecule has 0 N–H and O–H groups in total. The smallest absolute Gasteiger partial charge is 0.153 e. The number of aromatic nitrogens is 1. The number of benzene rings is 1. The molecule has 1 aromatic heterocycles. The number of fused-ring (bicyclic) bond motifs is 2. The Morgan fingerprint density at radius 1 is 1.12 bits per heavy atom. The Hall–Kier alpha value is -1.33. The number of nitrogens with zero attached hydrogens (tertiary/aromatic N) is 1. The van der Waals surface area contributed by atoms with Gasteiger partial charge in [0.2, 0.25) is 0 Å². The van der Waals surface area contributed by atoms with Crippen molar-refractivity contribution in [3.8, 4) is 10.6 Å². The molecule has 1 aromatic carbocycles. The van der Waals surface area contributed by atoms with Gasteiger partial charge in [-0.15, -0.1) is 11.3 Å². The highest BCUT2D eigenvalue weighted by Crippen LogP contribution is 2.59. The van der Waals surface area contributed by atoms with E-state index in [4.69, 9.17) is 4.98 Å². The monoisotopic (exact) mass is 403 g/mol. The van der Waals surface area contributed by atoms with E-state index in [-0.39, 0.29) is 28.8 Å². The van der Waals surface area contributed by atoms with Crippen molar-refractivity contribution in [2.45, 2.75) is 33.1 Å². The van der Waals surface area contributed by atoms with Crippen molar-refractivity contribution in [3.05, 3.63) is 39.3 Å². The fourth-order valence-corrected chi connectivity index (χ4v) is 5.32. The first-order valence-electron chi connectivity index (χ1n) is 8.11. The molecular formula is C19H18BrNO2S. The first-order valence-corrected chi connectivity index (χ1v) is 9.72. The Balaban J connectivity index is 1.72. The summed E-state index contributed by atoms with van der Waals surface area (Å²) in [6.07, 6.45) is 0.726. The van der Waals surface area contributed by atoms with Crippen LogP contribution in [0.15, 0.2) is 28.7 Å². The van der Waals surface area contributed by atoms with Crippen molar-refractivity contribution < 1.29 is 9.59 Å². The summed E-state index contributed by atoms with van der Waals surface area (Å²) in [6, 6.07) is 7.94. The van der Waals surface area contributed by atoms with Crippen LogP contribution < -0.4 is 0 Å². The van der Waals surface area contributed by atoms with Crippen LogP contribution in [0.3, 0.4) is 0 Å². The molecule has 0 saturated heterocycles. The van der Waals surface area contributed by atoms with E-state index in [1.165, 1.54) is 0 Å². The minimum Gasteiger partial charge on any atom is -0.298 e. The first kappa shape index (κ1) is 16.2. The summed E-state index contributed by atoms with van der Waals surface area (Å²) in [7, 11) is 0. The number of Topliss-reactive ketones (excluding diaryl/α,β-unsaturated/α-hetero) is 2. The molecule has 3 aliphatic rings. The van der Waals surface area contributed by atoms with Crippen LogP contribution in [0, 0.1) is 24.2 Å². The summed E-state index contributed by atoms with van der Waals surface area (Å²) in [6.45, 7) is 6.04. The highest BCUT2D eigenvalue weighted by atomic mass is 79.9. The zero-order chi connectivity index (χ0) is 17.2. The molecule has 124 valence electrons. The van der Waals surface area contributed by atoms with Crippen LogP contribution in [0.2, 0.25) is 0 Å². The Bertz CT molecular complexity index is 829. The highest BCUT2D eigenvalue weighted by molar-refractivity contribution is 9.10. The SMILES string of the molecule is Cc1sc(-c2ccc(Br)cc2)nc1C1C(=O)[C@H]2C[C@@H](C1=O)C2(C)C. The number of carbonyl (C=O) groups is 2. The number of ketones is 2. The number of carbonyl (C=O) groups excluding carboxylic acids is 2. The zero-order valence-corrected chi connectivity index (χ0v) is 16.2. The van der Waals surface area contributed by atoms with Gasteiger partial charge in [0.1, 0.15) is 10.9 Å². The quantitative estimate of drug-likeness (QED) is 0.677. The molecule has 5 heteroatoms. The minimum absolute atomic E-state index is 0.00225. The van der Waals surface area contributed by atoms with Gasteiger partial charge in [0, 0.05) is 26.7 Å². The van der Waals surface area contributed by atoms with Crippen molar-refractivity contribution >= 4 is 38.8 Å². The molecule has 3 nitrogen and oxygen atoms in total. The van der Waals surface area contributed by atoms with E-state index in [0.717, 1.165) is 26.3 Å². The van der Waals surface area contributed by atoms with E-state index in [0.29, 0.717) is 5.69 Å². The van der Waals surface area contributed by atoms with E-state index < -0.39 is 5.92 Å². The Morgan fingerprint density at radius 2 is 1.71 bits per heavy atom. The van der Waals surface area contributed by atoms with Crippen molar-refractivity contribution in [2.24, 2.45) is 17.3 Å². The number of thiazole rings is 1. The molecule has 3 fully saturated rings. The first-order chi connectivity index (χ1) is 11.3. The van der Waals surface area contributed by atoms with Gasteiger partial charge in [-0.05, 0) is 30.9 Å². The summed E-state index contributed by atoms with van der Waals surface area (Å²) in [5.41, 5.74) is 1.51. The van der Waals surface area contributed by atoms with E-state index in [9.17, 15) is 9.59 Å². The second-order valence-electron chi connectivity index (χ2n) is 7.37. The lowest BCUT2D eigenvalue weighted by Gasteiger charge is -2.55. The van der Waals surface area contributed by atoms with Crippen LogP contribution in [-0.2, 0) is 9.59 Å². The van der Waals surface area contributed by atoms with E-state index in [1.54, 1.807) is 11.3 Å². The maximum atomic E-state index is 12.9. The molecule has 3 saturated carbocycles. The average molecular weight is 404 g/mol. The second kappa shape index (κ2) is 5.33. The summed E-state index contributed by atoms with van der Waals surface area (Å²) < 4.78 is 1.01. The van der Waals surface area contributed by atoms with Gasteiger partial charge in [0.15, 0.2) is 11.6 Å². The topological polar surface area (TPSA) is 47.0 Å². The standard InChI is InChI=1S/C19H18BrNO2S/c1-9-15(21-18(24-9)10-4-6-11(20)7-5-10)14-16(22)12-8-13(17(14)23)19(12,2)3/h4-7,12-14H,8H2,1-3H3/t12-,13+,14?. The second-order valence-corrected chi connectivity index (χ2v) is 9.49. The fourth-order valence-electron chi connectivity index (χ4n) is 4.10. The van der Waals surface area contributed by atoms with Gasteiger partial charge < -0.3 is 0 Å². The van der Waals surface area contributed by atoms with Gasteiger partial charge in [-0.25, -0.2) is 4.98 Å². The van der Waals surface area contributed by atoms with Crippen molar-refractivity contribution in [2.75, 3.05) is 0 Å². The lowest BCUT2D eigenvalue weighted by Crippen LogP contribution is -2.60. The zero-order valence-electron chi connectivity index (χ0n) is 13.8. The van der Waals surface area contributed by atoms with Crippen LogP contribution >= 0.6 is 27.3 Å². The normalized spacial score (nSPS) is 27.9. The van der Waals surface area contributed by atoms with E-state index in [1.807, 2.05) is 45.0 Å². The number of rotatable bonds is 2. The number of halogens is 1. The minimum atomic E-state index is -0.651. The predicted octanol–water partition coefficient (Wildman–Crippen LogP) is 4.78. The third-order valence-corrected chi connectivity index (χ3v) is 7.28.